The van der Waals surface area contributed by atoms with Crippen LogP contribution >= 0.6 is 0 Å². The van der Waals surface area contributed by atoms with Crippen LogP contribution in [0.4, 0.5) is 0 Å². The van der Waals surface area contributed by atoms with Gasteiger partial charge in [0.15, 0.2) is 0 Å². The second kappa shape index (κ2) is 2.62. The van der Waals surface area contributed by atoms with Gasteiger partial charge in [-0.1, -0.05) is 0 Å². The topological polar surface area (TPSA) is 52.9 Å². The number of fused-ring (bicyclic) bond motifs is 1. The highest BCUT2D eigenvalue weighted by molar-refractivity contribution is 5.76. The lowest BCUT2D eigenvalue weighted by atomic mass is 10.2. The molecule has 12 heavy (non-hydrogen) atoms. The van der Waals surface area contributed by atoms with Gasteiger partial charge in [0.1, 0.15) is 6.04 Å². The smallest absolute Gasteiger partial charge is 0.326 e. The zero-order valence-electron chi connectivity index (χ0n) is 6.60. The van der Waals surface area contributed by atoms with Gasteiger partial charge in [0, 0.05) is 18.1 Å². The molecule has 64 valence electrons. The van der Waals surface area contributed by atoms with Crippen molar-refractivity contribution in [2.75, 3.05) is 6.54 Å². The fourth-order valence-electron chi connectivity index (χ4n) is 1.70. The minimum atomic E-state index is -0.728. The maximum absolute atomic E-state index is 10.7. The van der Waals surface area contributed by atoms with Crippen molar-refractivity contribution >= 4 is 12.2 Å². The van der Waals surface area contributed by atoms with E-state index in [4.69, 9.17) is 5.11 Å². The number of rotatable bonds is 1. The van der Waals surface area contributed by atoms with Crippen LogP contribution in [0.1, 0.15) is 12.8 Å². The predicted molar refractivity (Wildman–Crippen MR) is 43.9 cm³/mol. The Morgan fingerprint density at radius 3 is 3.33 bits per heavy atom. The van der Waals surface area contributed by atoms with E-state index < -0.39 is 5.97 Å². The Morgan fingerprint density at radius 2 is 2.58 bits per heavy atom. The van der Waals surface area contributed by atoms with Gasteiger partial charge in [-0.15, -0.1) is 0 Å². The average Bonchev–Trinajstić information content (AvgIpc) is 2.47. The molecule has 4 heteroatoms. The van der Waals surface area contributed by atoms with Crippen LogP contribution in [-0.2, 0) is 4.79 Å². The fraction of sp³-hybridized carbons (Fsp3) is 0.500. The van der Waals surface area contributed by atoms with Gasteiger partial charge in [-0.05, 0) is 12.8 Å². The first-order valence-corrected chi connectivity index (χ1v) is 3.99. The van der Waals surface area contributed by atoms with E-state index >= 15 is 0 Å². The van der Waals surface area contributed by atoms with Crippen molar-refractivity contribution in [3.05, 3.63) is 11.9 Å². The Morgan fingerprint density at radius 1 is 1.75 bits per heavy atom. The second-order valence-corrected chi connectivity index (χ2v) is 3.00. The fourth-order valence-corrected chi connectivity index (χ4v) is 1.70. The van der Waals surface area contributed by atoms with E-state index in [1.165, 1.54) is 0 Å². The second-order valence-electron chi connectivity index (χ2n) is 3.00. The van der Waals surface area contributed by atoms with Crippen molar-refractivity contribution in [3.8, 4) is 0 Å². The highest BCUT2D eigenvalue weighted by Crippen LogP contribution is 2.28. The number of hydrogen-bond donors (Lipinski definition) is 1. The first-order chi connectivity index (χ1) is 5.79. The molecule has 0 spiro atoms. The van der Waals surface area contributed by atoms with Crippen LogP contribution in [-0.4, -0.2) is 34.8 Å². The maximum atomic E-state index is 10.7. The van der Waals surface area contributed by atoms with Crippen LogP contribution in [0, 0.1) is 0 Å². The lowest BCUT2D eigenvalue weighted by Gasteiger charge is -2.24. The average molecular weight is 166 g/mol. The number of hydrogen-bond acceptors (Lipinski definition) is 3. The molecule has 0 saturated carbocycles. The summed E-state index contributed by atoms with van der Waals surface area (Å²) in [7, 11) is 0. The minimum absolute atomic E-state index is 0.331. The van der Waals surface area contributed by atoms with Crippen molar-refractivity contribution in [1.82, 2.24) is 4.90 Å². The molecule has 2 aliphatic heterocycles. The number of carboxylic acids is 1. The summed E-state index contributed by atoms with van der Waals surface area (Å²) in [6.07, 6.45) is 5.05. The highest BCUT2D eigenvalue weighted by Gasteiger charge is 2.33. The summed E-state index contributed by atoms with van der Waals surface area (Å²) >= 11 is 0. The van der Waals surface area contributed by atoms with Crippen LogP contribution in [0.3, 0.4) is 0 Å². The summed E-state index contributed by atoms with van der Waals surface area (Å²) in [5.41, 5.74) is 1.06. The molecule has 0 radical (unpaired) electrons. The van der Waals surface area contributed by atoms with Gasteiger partial charge in [-0.2, -0.15) is 0 Å². The molecule has 0 aromatic rings. The zero-order chi connectivity index (χ0) is 8.55. The molecule has 1 unspecified atom stereocenters. The Bertz CT molecular complexity index is 270. The quantitative estimate of drug-likeness (QED) is 0.615. The van der Waals surface area contributed by atoms with Crippen molar-refractivity contribution in [2.24, 2.45) is 4.99 Å². The molecule has 0 bridgehead atoms. The summed E-state index contributed by atoms with van der Waals surface area (Å²) in [6, 6.07) is -0.331. The Labute approximate surface area is 70.2 Å². The monoisotopic (exact) mass is 166 g/mol. The number of aliphatic imine (C=N–C) groups is 1. The van der Waals surface area contributed by atoms with Crippen LogP contribution in [0.15, 0.2) is 16.9 Å². The summed E-state index contributed by atoms with van der Waals surface area (Å²) in [4.78, 5) is 16.6. The molecular formula is C8H10N2O2. The molecule has 1 N–H and O–H groups in total. The normalized spacial score (nSPS) is 26.8. The van der Waals surface area contributed by atoms with Gasteiger partial charge in [-0.3, -0.25) is 4.99 Å². The van der Waals surface area contributed by atoms with Crippen molar-refractivity contribution < 1.29 is 9.90 Å². The molecule has 2 rings (SSSR count). The molecular weight excluding hydrogens is 156 g/mol. The van der Waals surface area contributed by atoms with E-state index in [9.17, 15) is 4.79 Å². The van der Waals surface area contributed by atoms with E-state index in [-0.39, 0.29) is 6.04 Å². The van der Waals surface area contributed by atoms with Crippen LogP contribution in [0.25, 0.3) is 0 Å². The van der Waals surface area contributed by atoms with Crippen molar-refractivity contribution in [2.45, 2.75) is 18.9 Å². The third-order valence-corrected chi connectivity index (χ3v) is 2.31. The molecule has 2 aliphatic rings. The zero-order valence-corrected chi connectivity index (χ0v) is 6.60. The molecule has 4 nitrogen and oxygen atoms in total. The summed E-state index contributed by atoms with van der Waals surface area (Å²) in [6.45, 7) is 0.642. The van der Waals surface area contributed by atoms with Gasteiger partial charge in [0.25, 0.3) is 0 Å². The number of nitrogens with zero attached hydrogens (tertiary/aromatic N) is 2. The van der Waals surface area contributed by atoms with Crippen LogP contribution in [0.5, 0.6) is 0 Å². The van der Waals surface area contributed by atoms with Gasteiger partial charge < -0.3 is 10.0 Å². The predicted octanol–water partition coefficient (Wildman–Crippen LogP) is 0.461. The Balaban J connectivity index is 2.20. The van der Waals surface area contributed by atoms with Gasteiger partial charge in [0.05, 0.1) is 6.54 Å². The van der Waals surface area contributed by atoms with Crippen LogP contribution in [0.2, 0.25) is 0 Å². The van der Waals surface area contributed by atoms with Gasteiger partial charge in [-0.25, -0.2) is 4.79 Å². The number of aliphatic carboxylic acids is 1. The van der Waals surface area contributed by atoms with Crippen LogP contribution < -0.4 is 0 Å². The minimum Gasteiger partial charge on any atom is -0.480 e. The van der Waals surface area contributed by atoms with E-state index in [1.807, 2.05) is 4.90 Å². The molecule has 1 fully saturated rings. The van der Waals surface area contributed by atoms with Gasteiger partial charge in [0.2, 0.25) is 0 Å². The largest absolute Gasteiger partial charge is 0.480 e. The summed E-state index contributed by atoms with van der Waals surface area (Å²) < 4.78 is 0. The SMILES string of the molecule is O=C(O)C1CCC2=CN=CCN21. The third kappa shape index (κ3) is 0.995. The number of allylic oxidation sites excluding steroid dienone is 1. The molecule has 0 aromatic heterocycles. The first-order valence-electron chi connectivity index (χ1n) is 3.99. The molecule has 0 aliphatic carbocycles. The molecule has 0 amide bonds. The maximum Gasteiger partial charge on any atom is 0.326 e. The van der Waals surface area contributed by atoms with Crippen molar-refractivity contribution in [1.29, 1.82) is 0 Å². The van der Waals surface area contributed by atoms with Crippen molar-refractivity contribution in [3.63, 3.8) is 0 Å². The highest BCUT2D eigenvalue weighted by atomic mass is 16.4. The molecule has 0 aromatic carbocycles. The molecule has 2 heterocycles. The lowest BCUT2D eigenvalue weighted by molar-refractivity contribution is -0.141. The first kappa shape index (κ1) is 7.34. The lowest BCUT2D eigenvalue weighted by Crippen LogP contribution is -2.37. The molecule has 1 atom stereocenters. The van der Waals surface area contributed by atoms with Gasteiger partial charge >= 0.3 is 5.97 Å². The number of carbonyl (C=O) groups is 1. The Hall–Kier alpha value is -1.32. The third-order valence-electron chi connectivity index (χ3n) is 2.31. The van der Waals surface area contributed by atoms with E-state index in [0.29, 0.717) is 13.0 Å². The number of carboxylic acid groups (broad SMARTS) is 1. The summed E-state index contributed by atoms with van der Waals surface area (Å²) in [5, 5.41) is 8.84. The molecule has 1 saturated heterocycles. The van der Waals surface area contributed by atoms with E-state index in [0.717, 1.165) is 12.1 Å². The Kier molecular flexibility index (Phi) is 1.60. The van der Waals surface area contributed by atoms with E-state index in [2.05, 4.69) is 4.99 Å². The summed E-state index contributed by atoms with van der Waals surface area (Å²) in [5.74, 6) is -0.728. The van der Waals surface area contributed by atoms with E-state index in [1.54, 1.807) is 12.4 Å². The standard InChI is InChI=1S/C8H10N2O2/c11-8(12)7-2-1-6-5-9-3-4-10(6)7/h3,5,7H,1-2,4H2,(H,11,12).